The zero-order valence-electron chi connectivity index (χ0n) is 34.6. The molecule has 13 rings (SSSR count). The fourth-order valence-electron chi connectivity index (χ4n) is 9.53. The van der Waals surface area contributed by atoms with Crippen LogP contribution in [0, 0.1) is 0 Å². The molecule has 4 heterocycles. The molecule has 0 atom stereocenters. The topological polar surface area (TPSA) is 106 Å². The molecular formula is C54H33N3O7S2. The maximum Gasteiger partial charge on any atom is 0.209 e. The van der Waals surface area contributed by atoms with Crippen molar-refractivity contribution in [3.8, 4) is 45.6 Å². The van der Waals surface area contributed by atoms with Gasteiger partial charge in [0.1, 0.15) is 0 Å². The molecule has 12 heteroatoms. The van der Waals surface area contributed by atoms with Gasteiger partial charge in [0.25, 0.3) is 0 Å². The summed E-state index contributed by atoms with van der Waals surface area (Å²) in [5, 5.41) is 0. The highest BCUT2D eigenvalue weighted by atomic mass is 32.2. The first-order valence-electron chi connectivity index (χ1n) is 21.2. The predicted molar refractivity (Wildman–Crippen MR) is 253 cm³/mol. The standard InChI is InChI=1S/C54H33N3O7S2/c58-65(59)51-25-11-12-26-52(51)66(60,61)54-37(15-13-27-53(54)65)36-14-1-2-16-38(36)57-43-30-28-34(55-39-17-3-7-21-45(39)62-46-22-8-4-18-40(46)55)32-49(43)64-50-33-35(29-31-44(50)57)56-41-19-5-9-23-47(41)63-48-24-10-6-20-42(48)56/h1-33H. The van der Waals surface area contributed by atoms with Crippen LogP contribution in [-0.4, -0.2) is 16.8 Å². The molecular weight excluding hydrogens is 867 g/mol. The summed E-state index contributed by atoms with van der Waals surface area (Å²) < 4.78 is 77.5. The number of nitrogens with zero attached hydrogens (tertiary/aromatic N) is 3. The maximum atomic E-state index is 14.7. The smallest absolute Gasteiger partial charge is 0.209 e. The molecule has 0 saturated heterocycles. The van der Waals surface area contributed by atoms with Crippen molar-refractivity contribution >= 4 is 70.9 Å². The molecule has 9 aromatic rings. The van der Waals surface area contributed by atoms with Crippen molar-refractivity contribution in [3.05, 3.63) is 200 Å². The molecule has 0 bridgehead atoms. The molecule has 0 unspecified atom stereocenters. The summed E-state index contributed by atoms with van der Waals surface area (Å²) in [7, 11) is -8.50. The van der Waals surface area contributed by atoms with Gasteiger partial charge in [-0.3, -0.25) is 0 Å². The Labute approximate surface area is 380 Å². The average Bonchev–Trinajstić information content (AvgIpc) is 3.35. The fraction of sp³-hybridized carbons (Fsp3) is 0. The molecule has 0 spiro atoms. The number of hydrogen-bond acceptors (Lipinski definition) is 10. The van der Waals surface area contributed by atoms with Gasteiger partial charge in [0.05, 0.1) is 70.8 Å². The summed E-state index contributed by atoms with van der Waals surface area (Å²) in [5.74, 6) is 3.87. The molecule has 10 nitrogen and oxygen atoms in total. The van der Waals surface area contributed by atoms with Gasteiger partial charge in [0, 0.05) is 23.3 Å². The molecule has 9 aromatic carbocycles. The van der Waals surface area contributed by atoms with Crippen molar-refractivity contribution in [3.63, 3.8) is 0 Å². The largest absolute Gasteiger partial charge is 0.453 e. The summed E-state index contributed by atoms with van der Waals surface area (Å²) in [4.78, 5) is 5.33. The zero-order chi connectivity index (χ0) is 44.3. The van der Waals surface area contributed by atoms with Crippen molar-refractivity contribution in [2.75, 3.05) is 14.7 Å². The second-order valence-corrected chi connectivity index (χ2v) is 19.8. The maximum absolute atomic E-state index is 14.7. The number of ether oxygens (including phenoxy) is 3. The molecule has 0 amide bonds. The lowest BCUT2D eigenvalue weighted by Crippen LogP contribution is -2.21. The van der Waals surface area contributed by atoms with E-state index in [4.69, 9.17) is 14.2 Å². The zero-order valence-corrected chi connectivity index (χ0v) is 36.2. The van der Waals surface area contributed by atoms with Crippen molar-refractivity contribution in [2.45, 2.75) is 19.6 Å². The van der Waals surface area contributed by atoms with Crippen LogP contribution in [0.3, 0.4) is 0 Å². The number of benzene rings is 9. The number of sulfone groups is 2. The predicted octanol–water partition coefficient (Wildman–Crippen LogP) is 14.1. The third-order valence-electron chi connectivity index (χ3n) is 12.4. The SMILES string of the molecule is O=S1(=O)c2ccccc2S(=O)(=O)c2c(-c3ccccc3N3c4ccc(N5c6ccccc6Oc6ccccc65)cc4Oc4cc(N5c6ccccc6Oc6ccccc65)ccc43)cccc21. The summed E-state index contributed by atoms with van der Waals surface area (Å²) in [6.45, 7) is 0. The van der Waals surface area contributed by atoms with E-state index in [0.29, 0.717) is 57.1 Å². The third kappa shape index (κ3) is 5.52. The summed E-state index contributed by atoms with van der Waals surface area (Å²) in [6, 6.07) is 61.4. The number of anilines is 9. The van der Waals surface area contributed by atoms with E-state index in [0.717, 1.165) is 34.1 Å². The Morgan fingerprint density at radius 1 is 0.288 bits per heavy atom. The third-order valence-corrected chi connectivity index (χ3v) is 16.4. The summed E-state index contributed by atoms with van der Waals surface area (Å²) in [6.07, 6.45) is 0. The monoisotopic (exact) mass is 899 g/mol. The van der Waals surface area contributed by atoms with Crippen LogP contribution in [0.5, 0.6) is 34.5 Å². The lowest BCUT2D eigenvalue weighted by Gasteiger charge is -2.37. The van der Waals surface area contributed by atoms with Gasteiger partial charge in [-0.25, -0.2) is 16.8 Å². The van der Waals surface area contributed by atoms with E-state index in [9.17, 15) is 16.8 Å². The number of fused-ring (bicyclic) bond motifs is 8. The van der Waals surface area contributed by atoms with Crippen LogP contribution in [0.2, 0.25) is 0 Å². The normalized spacial score (nSPS) is 15.1. The molecule has 4 aliphatic rings. The van der Waals surface area contributed by atoms with Crippen LogP contribution in [0.4, 0.5) is 51.2 Å². The first-order chi connectivity index (χ1) is 32.3. The van der Waals surface area contributed by atoms with E-state index >= 15 is 0 Å². The van der Waals surface area contributed by atoms with E-state index in [1.165, 1.54) is 24.3 Å². The van der Waals surface area contributed by atoms with Gasteiger partial charge < -0.3 is 28.9 Å². The molecule has 0 fully saturated rings. The van der Waals surface area contributed by atoms with Gasteiger partial charge in [-0.1, -0.05) is 91.0 Å². The average molecular weight is 900 g/mol. The molecule has 66 heavy (non-hydrogen) atoms. The van der Waals surface area contributed by atoms with Crippen molar-refractivity contribution in [2.24, 2.45) is 0 Å². The van der Waals surface area contributed by atoms with E-state index in [1.54, 1.807) is 18.2 Å². The van der Waals surface area contributed by atoms with Crippen LogP contribution in [-0.2, 0) is 19.7 Å². The highest BCUT2D eigenvalue weighted by molar-refractivity contribution is 7.97. The minimum atomic E-state index is -4.31. The van der Waals surface area contributed by atoms with Gasteiger partial charge in [0.2, 0.25) is 19.7 Å². The molecule has 0 aliphatic carbocycles. The Bertz CT molecular complexity index is 3540. The Morgan fingerprint density at radius 3 is 1.15 bits per heavy atom. The van der Waals surface area contributed by atoms with Crippen molar-refractivity contribution in [1.29, 1.82) is 0 Å². The fourth-order valence-corrected chi connectivity index (χ4v) is 13.9. The number of hydrogen-bond donors (Lipinski definition) is 0. The minimum Gasteiger partial charge on any atom is -0.453 e. The molecule has 0 aromatic heterocycles. The second-order valence-electron chi connectivity index (χ2n) is 16.1. The number of rotatable bonds is 4. The molecule has 4 aliphatic heterocycles. The van der Waals surface area contributed by atoms with Crippen LogP contribution in [0.1, 0.15) is 0 Å². The Balaban J connectivity index is 1.03. The van der Waals surface area contributed by atoms with Crippen LogP contribution in [0.15, 0.2) is 220 Å². The van der Waals surface area contributed by atoms with Crippen LogP contribution >= 0.6 is 0 Å². The van der Waals surface area contributed by atoms with E-state index in [-0.39, 0.29) is 25.1 Å². The van der Waals surface area contributed by atoms with Crippen molar-refractivity contribution < 1.29 is 31.0 Å². The van der Waals surface area contributed by atoms with Crippen LogP contribution < -0.4 is 28.9 Å². The highest BCUT2D eigenvalue weighted by Gasteiger charge is 2.42. The Morgan fingerprint density at radius 2 is 0.652 bits per heavy atom. The molecule has 0 N–H and O–H groups in total. The lowest BCUT2D eigenvalue weighted by molar-refractivity contribution is 0.473. The first kappa shape index (κ1) is 38.2. The molecule has 318 valence electrons. The van der Waals surface area contributed by atoms with E-state index in [1.807, 2.05) is 158 Å². The van der Waals surface area contributed by atoms with Gasteiger partial charge in [-0.05, 0) is 97.1 Å². The van der Waals surface area contributed by atoms with Crippen molar-refractivity contribution in [1.82, 2.24) is 0 Å². The number of para-hydroxylation sites is 9. The Hall–Kier alpha value is -8.32. The van der Waals surface area contributed by atoms with Gasteiger partial charge in [-0.15, -0.1) is 0 Å². The van der Waals surface area contributed by atoms with E-state index in [2.05, 4.69) is 14.7 Å². The lowest BCUT2D eigenvalue weighted by atomic mass is 10.0. The van der Waals surface area contributed by atoms with Gasteiger partial charge in [-0.2, -0.15) is 0 Å². The molecule has 0 radical (unpaired) electrons. The summed E-state index contributed by atoms with van der Waals surface area (Å²) >= 11 is 0. The quantitative estimate of drug-likeness (QED) is 0.169. The minimum absolute atomic E-state index is 0.235. The second kappa shape index (κ2) is 14.1. The first-order valence-corrected chi connectivity index (χ1v) is 24.1. The Kier molecular flexibility index (Phi) is 8.15. The molecule has 0 saturated carbocycles. The van der Waals surface area contributed by atoms with Crippen LogP contribution in [0.25, 0.3) is 11.1 Å². The van der Waals surface area contributed by atoms with Gasteiger partial charge >= 0.3 is 0 Å². The van der Waals surface area contributed by atoms with Gasteiger partial charge in [0.15, 0.2) is 34.5 Å². The van der Waals surface area contributed by atoms with E-state index < -0.39 is 19.7 Å². The summed E-state index contributed by atoms with van der Waals surface area (Å²) in [5.41, 5.74) is 7.76. The highest BCUT2D eigenvalue weighted by Crippen LogP contribution is 2.59.